The van der Waals surface area contributed by atoms with Gasteiger partial charge in [-0.25, -0.2) is 4.79 Å². The molecule has 0 aliphatic heterocycles. The molecule has 0 aliphatic carbocycles. The second kappa shape index (κ2) is 8.33. The van der Waals surface area contributed by atoms with E-state index >= 15 is 0 Å². The third kappa shape index (κ3) is 5.05. The summed E-state index contributed by atoms with van der Waals surface area (Å²) in [6.45, 7) is 6.35. The Morgan fingerprint density at radius 3 is 2.26 bits per heavy atom. The minimum atomic E-state index is -0.589. The molecular formula is C22H22N2O3. The standard InChI is InChI=1S/C22H22N2O3/c1-22(2,3)17-11-9-15(10-12-17)13-16(14-23)20(25)24-19-8-6-5-7-18(19)21(26)27-4/h5-13H,1-4H3,(H,24,25). The van der Waals surface area contributed by atoms with Gasteiger partial charge in [0.2, 0.25) is 0 Å². The Hall–Kier alpha value is -3.39. The number of nitrogens with zero attached hydrogens (tertiary/aromatic N) is 1. The second-order valence-corrected chi connectivity index (χ2v) is 7.03. The minimum absolute atomic E-state index is 0.0231. The predicted octanol–water partition coefficient (Wildman–Crippen LogP) is 4.32. The van der Waals surface area contributed by atoms with E-state index in [1.807, 2.05) is 30.3 Å². The van der Waals surface area contributed by atoms with Crippen LogP contribution in [0.15, 0.2) is 54.1 Å². The Morgan fingerprint density at radius 2 is 1.70 bits per heavy atom. The zero-order valence-corrected chi connectivity index (χ0v) is 15.9. The number of para-hydroxylation sites is 1. The first kappa shape index (κ1) is 19.9. The van der Waals surface area contributed by atoms with Crippen LogP contribution in [0, 0.1) is 11.3 Å². The highest BCUT2D eigenvalue weighted by Crippen LogP contribution is 2.23. The van der Waals surface area contributed by atoms with Gasteiger partial charge in [-0.05, 0) is 34.8 Å². The van der Waals surface area contributed by atoms with Crippen LogP contribution in [0.5, 0.6) is 0 Å². The Bertz CT molecular complexity index is 914. The molecule has 0 aromatic heterocycles. The number of hydrogen-bond acceptors (Lipinski definition) is 4. The molecule has 2 aromatic rings. The lowest BCUT2D eigenvalue weighted by Crippen LogP contribution is -2.16. The van der Waals surface area contributed by atoms with E-state index in [1.54, 1.807) is 24.3 Å². The van der Waals surface area contributed by atoms with Crippen molar-refractivity contribution in [2.75, 3.05) is 12.4 Å². The zero-order chi connectivity index (χ0) is 20.0. The van der Waals surface area contributed by atoms with E-state index in [0.717, 1.165) is 11.1 Å². The van der Waals surface area contributed by atoms with E-state index in [2.05, 4.69) is 26.1 Å². The number of anilines is 1. The first-order valence-corrected chi connectivity index (χ1v) is 8.47. The van der Waals surface area contributed by atoms with Gasteiger partial charge in [0, 0.05) is 0 Å². The van der Waals surface area contributed by atoms with Gasteiger partial charge in [-0.15, -0.1) is 0 Å². The van der Waals surface area contributed by atoms with Gasteiger partial charge in [0.15, 0.2) is 0 Å². The van der Waals surface area contributed by atoms with Crippen molar-refractivity contribution in [2.45, 2.75) is 26.2 Å². The fourth-order valence-electron chi connectivity index (χ4n) is 2.46. The molecule has 0 atom stereocenters. The Labute approximate surface area is 159 Å². The number of methoxy groups -OCH3 is 1. The van der Waals surface area contributed by atoms with E-state index in [1.165, 1.54) is 13.2 Å². The van der Waals surface area contributed by atoms with Crippen LogP contribution in [-0.2, 0) is 14.9 Å². The molecule has 0 saturated heterocycles. The van der Waals surface area contributed by atoms with E-state index in [-0.39, 0.29) is 16.6 Å². The van der Waals surface area contributed by atoms with Crippen LogP contribution in [0.3, 0.4) is 0 Å². The molecule has 0 fully saturated rings. The third-order valence-corrected chi connectivity index (χ3v) is 4.03. The summed E-state index contributed by atoms with van der Waals surface area (Å²) in [6.07, 6.45) is 1.52. The monoisotopic (exact) mass is 362 g/mol. The van der Waals surface area contributed by atoms with Crippen LogP contribution >= 0.6 is 0 Å². The number of esters is 1. The van der Waals surface area contributed by atoms with Crippen molar-refractivity contribution < 1.29 is 14.3 Å². The highest BCUT2D eigenvalue weighted by molar-refractivity contribution is 6.11. The Kier molecular flexibility index (Phi) is 6.15. The molecule has 0 unspecified atom stereocenters. The third-order valence-electron chi connectivity index (χ3n) is 4.03. The van der Waals surface area contributed by atoms with Crippen molar-refractivity contribution in [3.8, 4) is 6.07 Å². The van der Waals surface area contributed by atoms with Crippen molar-refractivity contribution >= 4 is 23.6 Å². The lowest BCUT2D eigenvalue weighted by Gasteiger charge is -2.18. The topological polar surface area (TPSA) is 79.2 Å². The quantitative estimate of drug-likeness (QED) is 0.499. The molecule has 0 radical (unpaired) electrons. The van der Waals surface area contributed by atoms with E-state index in [4.69, 9.17) is 4.74 Å². The molecule has 5 nitrogen and oxygen atoms in total. The fraction of sp³-hybridized carbons (Fsp3) is 0.227. The van der Waals surface area contributed by atoms with Crippen LogP contribution in [0.1, 0.15) is 42.3 Å². The maximum Gasteiger partial charge on any atom is 0.339 e. The number of benzene rings is 2. The summed E-state index contributed by atoms with van der Waals surface area (Å²) in [5, 5.41) is 12.0. The largest absolute Gasteiger partial charge is 0.465 e. The normalized spacial score (nSPS) is 11.4. The van der Waals surface area contributed by atoms with Crippen LogP contribution in [-0.4, -0.2) is 19.0 Å². The van der Waals surface area contributed by atoms with Gasteiger partial charge in [-0.2, -0.15) is 5.26 Å². The van der Waals surface area contributed by atoms with Crippen molar-refractivity contribution in [1.29, 1.82) is 5.26 Å². The smallest absolute Gasteiger partial charge is 0.339 e. The zero-order valence-electron chi connectivity index (χ0n) is 15.9. The number of carbonyl (C=O) groups excluding carboxylic acids is 2. The van der Waals surface area contributed by atoms with E-state index in [0.29, 0.717) is 5.69 Å². The lowest BCUT2D eigenvalue weighted by molar-refractivity contribution is -0.112. The average Bonchev–Trinajstić information content (AvgIpc) is 2.65. The number of nitriles is 1. The molecule has 0 bridgehead atoms. The Balaban J connectivity index is 2.26. The van der Waals surface area contributed by atoms with Gasteiger partial charge in [0.05, 0.1) is 18.4 Å². The molecule has 0 saturated carbocycles. The summed E-state index contributed by atoms with van der Waals surface area (Å²) < 4.78 is 4.71. The van der Waals surface area contributed by atoms with Gasteiger partial charge >= 0.3 is 5.97 Å². The number of hydrogen-bond donors (Lipinski definition) is 1. The maximum absolute atomic E-state index is 12.5. The summed E-state index contributed by atoms with van der Waals surface area (Å²) in [7, 11) is 1.27. The molecule has 5 heteroatoms. The van der Waals surface area contributed by atoms with Crippen LogP contribution < -0.4 is 5.32 Å². The molecule has 1 amide bonds. The number of nitrogens with one attached hydrogen (secondary N) is 1. The Morgan fingerprint density at radius 1 is 1.07 bits per heavy atom. The van der Waals surface area contributed by atoms with Gasteiger partial charge < -0.3 is 10.1 Å². The van der Waals surface area contributed by atoms with Gasteiger partial charge in [0.1, 0.15) is 11.6 Å². The molecule has 2 aromatic carbocycles. The lowest BCUT2D eigenvalue weighted by atomic mass is 9.86. The molecule has 2 rings (SSSR count). The highest BCUT2D eigenvalue weighted by Gasteiger charge is 2.16. The van der Waals surface area contributed by atoms with Crippen molar-refractivity contribution in [2.24, 2.45) is 0 Å². The fourth-order valence-corrected chi connectivity index (χ4v) is 2.46. The van der Waals surface area contributed by atoms with Gasteiger partial charge in [-0.1, -0.05) is 57.2 Å². The van der Waals surface area contributed by atoms with Crippen LogP contribution in [0.2, 0.25) is 0 Å². The number of rotatable bonds is 4. The first-order valence-electron chi connectivity index (χ1n) is 8.47. The predicted molar refractivity (Wildman–Crippen MR) is 105 cm³/mol. The maximum atomic E-state index is 12.5. The van der Waals surface area contributed by atoms with Crippen LogP contribution in [0.4, 0.5) is 5.69 Å². The number of carbonyl (C=O) groups is 2. The summed E-state index contributed by atoms with van der Waals surface area (Å²) in [5.74, 6) is -1.15. The van der Waals surface area contributed by atoms with Crippen LogP contribution in [0.25, 0.3) is 6.08 Å². The summed E-state index contributed by atoms with van der Waals surface area (Å²) in [6, 6.07) is 16.1. The second-order valence-electron chi connectivity index (χ2n) is 7.03. The highest BCUT2D eigenvalue weighted by atomic mass is 16.5. The van der Waals surface area contributed by atoms with Crippen molar-refractivity contribution in [3.05, 3.63) is 70.8 Å². The summed E-state index contributed by atoms with van der Waals surface area (Å²) in [5.41, 5.74) is 2.39. The molecule has 0 spiro atoms. The van der Waals surface area contributed by atoms with Gasteiger partial charge in [-0.3, -0.25) is 4.79 Å². The van der Waals surface area contributed by atoms with Crippen molar-refractivity contribution in [1.82, 2.24) is 0 Å². The molecule has 27 heavy (non-hydrogen) atoms. The molecule has 138 valence electrons. The first-order chi connectivity index (χ1) is 12.8. The number of amides is 1. The van der Waals surface area contributed by atoms with Gasteiger partial charge in [0.25, 0.3) is 5.91 Å². The molecule has 0 heterocycles. The summed E-state index contributed by atoms with van der Waals surface area (Å²) >= 11 is 0. The van der Waals surface area contributed by atoms with E-state index in [9.17, 15) is 14.9 Å². The molecule has 0 aliphatic rings. The number of ether oxygens (including phenoxy) is 1. The SMILES string of the molecule is COC(=O)c1ccccc1NC(=O)C(C#N)=Cc1ccc(C(C)(C)C)cc1. The average molecular weight is 362 g/mol. The summed E-state index contributed by atoms with van der Waals surface area (Å²) in [4.78, 5) is 24.3. The molecular weight excluding hydrogens is 340 g/mol. The minimum Gasteiger partial charge on any atom is -0.465 e. The van der Waals surface area contributed by atoms with Crippen molar-refractivity contribution in [3.63, 3.8) is 0 Å². The van der Waals surface area contributed by atoms with E-state index < -0.39 is 11.9 Å². The molecule has 1 N–H and O–H groups in total.